The van der Waals surface area contributed by atoms with E-state index in [1.54, 1.807) is 19.9 Å². The number of carbonyl (C=O) groups is 2. The standard InChI is InChI=1S/C23H28FNO4/c1-20(2)10-14-11-22(5,12-20)17-23(18(26)28-21(3,4)29-19(23)27)9-13-7-6-8-15(24)16(13)25(14)17/h6-8,14,17H,9-12H2,1-5H3/t14-,17+,22-/m0/s1. The highest BCUT2D eigenvalue weighted by Crippen LogP contribution is 2.64. The highest BCUT2D eigenvalue weighted by Gasteiger charge is 2.72. The van der Waals surface area contributed by atoms with Crippen molar-refractivity contribution in [1.82, 2.24) is 0 Å². The highest BCUT2D eigenvalue weighted by atomic mass is 19.1. The average molecular weight is 401 g/mol. The van der Waals surface area contributed by atoms with Crippen LogP contribution in [0.3, 0.4) is 0 Å². The Morgan fingerprint density at radius 2 is 1.69 bits per heavy atom. The largest absolute Gasteiger partial charge is 0.422 e. The van der Waals surface area contributed by atoms with E-state index in [0.29, 0.717) is 11.3 Å². The van der Waals surface area contributed by atoms with E-state index < -0.39 is 29.2 Å². The van der Waals surface area contributed by atoms with Crippen LogP contribution in [0.25, 0.3) is 0 Å². The summed E-state index contributed by atoms with van der Waals surface area (Å²) >= 11 is 0. The number of halogens is 1. The van der Waals surface area contributed by atoms with Crippen LogP contribution in [0.5, 0.6) is 0 Å². The number of anilines is 1. The first-order chi connectivity index (χ1) is 13.4. The number of para-hydroxylation sites is 1. The van der Waals surface area contributed by atoms with E-state index in [2.05, 4.69) is 20.8 Å². The second-order valence-electron chi connectivity index (χ2n) is 10.9. The number of nitrogens with zero attached hydrogens (tertiary/aromatic N) is 1. The molecule has 5 nitrogen and oxygen atoms in total. The van der Waals surface area contributed by atoms with Gasteiger partial charge in [-0.2, -0.15) is 0 Å². The molecular formula is C23H28FNO4. The second kappa shape index (κ2) is 5.32. The zero-order valence-electron chi connectivity index (χ0n) is 17.7. The van der Waals surface area contributed by atoms with Crippen molar-refractivity contribution in [1.29, 1.82) is 0 Å². The number of hydrogen-bond donors (Lipinski definition) is 0. The molecule has 2 saturated heterocycles. The fourth-order valence-corrected chi connectivity index (χ4v) is 7.07. The number of esters is 2. The van der Waals surface area contributed by atoms with Gasteiger partial charge in [0.15, 0.2) is 5.41 Å². The van der Waals surface area contributed by atoms with Gasteiger partial charge < -0.3 is 14.4 Å². The van der Waals surface area contributed by atoms with Gasteiger partial charge in [-0.25, -0.2) is 4.39 Å². The molecule has 1 spiro atoms. The molecule has 1 saturated carbocycles. The molecule has 0 aromatic heterocycles. The monoisotopic (exact) mass is 401 g/mol. The summed E-state index contributed by atoms with van der Waals surface area (Å²) < 4.78 is 26.4. The normalized spacial score (nSPS) is 35.6. The van der Waals surface area contributed by atoms with Crippen molar-refractivity contribution < 1.29 is 23.5 Å². The number of cyclic esters (lactones) is 2. The molecule has 0 radical (unpaired) electrons. The van der Waals surface area contributed by atoms with Crippen molar-refractivity contribution >= 4 is 17.6 Å². The van der Waals surface area contributed by atoms with E-state index in [9.17, 15) is 9.59 Å². The van der Waals surface area contributed by atoms with E-state index in [1.807, 2.05) is 11.0 Å². The molecule has 1 aromatic carbocycles. The van der Waals surface area contributed by atoms with E-state index >= 15 is 4.39 Å². The molecule has 0 unspecified atom stereocenters. The van der Waals surface area contributed by atoms with Gasteiger partial charge in [-0.05, 0) is 41.7 Å². The van der Waals surface area contributed by atoms with Gasteiger partial charge in [-0.15, -0.1) is 0 Å². The number of fused-ring (bicyclic) bond motifs is 8. The van der Waals surface area contributed by atoms with Gasteiger partial charge in [0.1, 0.15) is 5.82 Å². The SMILES string of the molecule is CC1(C)C[C@H]2C[C@@](C)(C1)[C@H]1N2c2c(F)cccc2CC12C(=O)OC(C)(C)OC2=O. The molecule has 3 atom stereocenters. The molecule has 3 fully saturated rings. The molecule has 3 aliphatic heterocycles. The van der Waals surface area contributed by atoms with Crippen LogP contribution in [0.2, 0.25) is 0 Å². The van der Waals surface area contributed by atoms with Crippen LogP contribution in [0.15, 0.2) is 18.2 Å². The molecule has 4 aliphatic rings. The fourth-order valence-electron chi connectivity index (χ4n) is 7.07. The predicted molar refractivity (Wildman–Crippen MR) is 105 cm³/mol. The van der Waals surface area contributed by atoms with Crippen molar-refractivity contribution in [3.8, 4) is 0 Å². The summed E-state index contributed by atoms with van der Waals surface area (Å²) in [7, 11) is 0. The minimum absolute atomic E-state index is 0.0311. The highest BCUT2D eigenvalue weighted by molar-refractivity contribution is 6.04. The molecule has 1 aromatic rings. The summed E-state index contributed by atoms with van der Waals surface area (Å²) in [4.78, 5) is 29.0. The number of benzene rings is 1. The zero-order chi connectivity index (χ0) is 21.0. The smallest absolute Gasteiger partial charge is 0.329 e. The Labute approximate surface area is 170 Å². The topological polar surface area (TPSA) is 55.8 Å². The van der Waals surface area contributed by atoms with Crippen LogP contribution in [-0.4, -0.2) is 29.8 Å². The first-order valence-corrected chi connectivity index (χ1v) is 10.4. The maximum absolute atomic E-state index is 15.1. The van der Waals surface area contributed by atoms with Crippen molar-refractivity contribution in [2.75, 3.05) is 4.90 Å². The Morgan fingerprint density at radius 1 is 1.03 bits per heavy atom. The minimum Gasteiger partial charge on any atom is -0.422 e. The average Bonchev–Trinajstić information content (AvgIpc) is 2.78. The summed E-state index contributed by atoms with van der Waals surface area (Å²) in [6.45, 7) is 9.71. The summed E-state index contributed by atoms with van der Waals surface area (Å²) in [5.41, 5.74) is -0.556. The lowest BCUT2D eigenvalue weighted by molar-refractivity contribution is -0.255. The van der Waals surface area contributed by atoms with E-state index in [1.165, 1.54) is 6.07 Å². The van der Waals surface area contributed by atoms with Crippen LogP contribution >= 0.6 is 0 Å². The summed E-state index contributed by atoms with van der Waals surface area (Å²) in [6.07, 6.45) is 2.67. The van der Waals surface area contributed by atoms with Gasteiger partial charge in [0.2, 0.25) is 0 Å². The van der Waals surface area contributed by atoms with Gasteiger partial charge in [0.05, 0.1) is 11.7 Å². The fraction of sp³-hybridized carbons (Fsp3) is 0.652. The lowest BCUT2D eigenvalue weighted by atomic mass is 9.57. The first-order valence-electron chi connectivity index (χ1n) is 10.4. The molecule has 0 N–H and O–H groups in total. The Kier molecular flexibility index (Phi) is 3.47. The zero-order valence-corrected chi connectivity index (χ0v) is 17.7. The number of rotatable bonds is 0. The Hall–Kier alpha value is -2.11. The van der Waals surface area contributed by atoms with Crippen molar-refractivity contribution in [3.63, 3.8) is 0 Å². The van der Waals surface area contributed by atoms with Gasteiger partial charge in [0.25, 0.3) is 5.79 Å². The van der Waals surface area contributed by atoms with Gasteiger partial charge in [0, 0.05) is 26.3 Å². The van der Waals surface area contributed by atoms with Crippen LogP contribution in [-0.2, 0) is 25.5 Å². The molecule has 6 heteroatoms. The maximum Gasteiger partial charge on any atom is 0.329 e. The summed E-state index contributed by atoms with van der Waals surface area (Å²) in [5.74, 6) is -2.68. The maximum atomic E-state index is 15.1. The number of carbonyl (C=O) groups excluding carboxylic acids is 2. The molecule has 1 aliphatic carbocycles. The molecule has 5 rings (SSSR count). The van der Waals surface area contributed by atoms with Crippen molar-refractivity contribution in [2.45, 2.75) is 78.2 Å². The summed E-state index contributed by atoms with van der Waals surface area (Å²) in [5, 5.41) is 0. The number of hydrogen-bond acceptors (Lipinski definition) is 5. The minimum atomic E-state index is -1.47. The van der Waals surface area contributed by atoms with Crippen LogP contribution in [0.4, 0.5) is 10.1 Å². The molecule has 3 heterocycles. The lowest BCUT2D eigenvalue weighted by Gasteiger charge is -2.53. The first kappa shape index (κ1) is 18.9. The molecule has 156 valence electrons. The van der Waals surface area contributed by atoms with Crippen LogP contribution < -0.4 is 4.90 Å². The Balaban J connectivity index is 1.77. The third-order valence-corrected chi connectivity index (χ3v) is 7.37. The molecule has 29 heavy (non-hydrogen) atoms. The lowest BCUT2D eigenvalue weighted by Crippen LogP contribution is -2.67. The van der Waals surface area contributed by atoms with E-state index in [0.717, 1.165) is 19.3 Å². The third kappa shape index (κ3) is 2.37. The summed E-state index contributed by atoms with van der Waals surface area (Å²) in [6, 6.07) is 4.50. The Morgan fingerprint density at radius 3 is 2.34 bits per heavy atom. The molecular weight excluding hydrogens is 373 g/mol. The van der Waals surface area contributed by atoms with Gasteiger partial charge in [-0.3, -0.25) is 9.59 Å². The molecule has 0 amide bonds. The van der Waals surface area contributed by atoms with Crippen molar-refractivity contribution in [2.24, 2.45) is 16.2 Å². The van der Waals surface area contributed by atoms with Crippen molar-refractivity contribution in [3.05, 3.63) is 29.6 Å². The van der Waals surface area contributed by atoms with Gasteiger partial charge in [-0.1, -0.05) is 32.9 Å². The number of ether oxygens (including phenoxy) is 2. The van der Waals surface area contributed by atoms with Gasteiger partial charge >= 0.3 is 11.9 Å². The quantitative estimate of drug-likeness (QED) is 0.486. The predicted octanol–water partition coefficient (Wildman–Crippen LogP) is 3.98. The third-order valence-electron chi connectivity index (χ3n) is 7.37. The van der Waals surface area contributed by atoms with Crippen LogP contribution in [0, 0.1) is 22.1 Å². The Bertz CT molecular complexity index is 919. The molecule has 2 bridgehead atoms. The van der Waals surface area contributed by atoms with Crippen LogP contribution in [0.1, 0.15) is 59.4 Å². The van der Waals surface area contributed by atoms with E-state index in [-0.39, 0.29) is 29.1 Å². The van der Waals surface area contributed by atoms with E-state index in [4.69, 9.17) is 9.47 Å². The second-order valence-corrected chi connectivity index (χ2v) is 10.9.